The molecule has 0 fully saturated rings. The zero-order chi connectivity index (χ0) is 13.6. The first-order valence-electron chi connectivity index (χ1n) is 5.48. The molecule has 1 unspecified atom stereocenters. The number of hydrogen-bond donors (Lipinski definition) is 3. The molecule has 4 N–H and O–H groups in total. The van der Waals surface area contributed by atoms with E-state index in [0.717, 1.165) is 0 Å². The molecule has 0 aliphatic carbocycles. The third-order valence-electron chi connectivity index (χ3n) is 2.37. The van der Waals surface area contributed by atoms with Gasteiger partial charge in [-0.15, -0.1) is 0 Å². The van der Waals surface area contributed by atoms with Crippen molar-refractivity contribution < 1.29 is 19.4 Å². The van der Waals surface area contributed by atoms with Gasteiger partial charge in [0.2, 0.25) is 5.91 Å². The largest absolute Gasteiger partial charge is 0.480 e. The number of methoxy groups -OCH3 is 1. The van der Waals surface area contributed by atoms with E-state index in [4.69, 9.17) is 15.6 Å². The Kier molecular flexibility index (Phi) is 6.12. The third-order valence-corrected chi connectivity index (χ3v) is 2.37. The van der Waals surface area contributed by atoms with Crippen molar-refractivity contribution in [2.24, 2.45) is 11.1 Å². The van der Waals surface area contributed by atoms with Crippen molar-refractivity contribution in [2.45, 2.75) is 39.3 Å². The van der Waals surface area contributed by atoms with Gasteiger partial charge in [-0.3, -0.25) is 4.79 Å². The molecule has 0 saturated heterocycles. The Bertz CT molecular complexity index is 273. The summed E-state index contributed by atoms with van der Waals surface area (Å²) in [5.74, 6) is -1.53. The average Bonchev–Trinajstić information content (AvgIpc) is 2.19. The summed E-state index contributed by atoms with van der Waals surface area (Å²) in [6.45, 7) is 5.59. The molecule has 0 bridgehead atoms. The van der Waals surface area contributed by atoms with Gasteiger partial charge < -0.3 is 20.9 Å². The van der Waals surface area contributed by atoms with Gasteiger partial charge in [0.15, 0.2) is 0 Å². The predicted octanol–water partition coefficient (Wildman–Crippen LogP) is -0.0343. The lowest BCUT2D eigenvalue weighted by atomic mass is 9.86. The highest BCUT2D eigenvalue weighted by Crippen LogP contribution is 2.19. The highest BCUT2D eigenvalue weighted by Gasteiger charge is 2.33. The summed E-state index contributed by atoms with van der Waals surface area (Å²) in [7, 11) is 1.51. The molecule has 6 nitrogen and oxygen atoms in total. The number of hydrogen-bond acceptors (Lipinski definition) is 4. The van der Waals surface area contributed by atoms with Crippen LogP contribution in [0, 0.1) is 5.41 Å². The van der Waals surface area contributed by atoms with E-state index in [1.165, 1.54) is 7.11 Å². The van der Waals surface area contributed by atoms with Crippen LogP contribution in [0.2, 0.25) is 0 Å². The van der Waals surface area contributed by atoms with Crippen LogP contribution < -0.4 is 11.1 Å². The molecule has 100 valence electrons. The summed E-state index contributed by atoms with van der Waals surface area (Å²) in [4.78, 5) is 22.7. The molecule has 0 saturated carbocycles. The van der Waals surface area contributed by atoms with E-state index in [1.807, 2.05) is 0 Å². The van der Waals surface area contributed by atoms with Gasteiger partial charge in [-0.1, -0.05) is 20.8 Å². The number of amides is 1. The van der Waals surface area contributed by atoms with Gasteiger partial charge in [-0.05, 0) is 11.8 Å². The fourth-order valence-corrected chi connectivity index (χ4v) is 1.27. The molecule has 0 spiro atoms. The molecule has 2 atom stereocenters. The standard InChI is InChI=1S/C11H22N2O4/c1-11(2,3)8(10(15)16)13-9(14)7(12)5-6-17-4/h7-8H,5-6,12H2,1-4H3,(H,13,14)(H,15,16)/t7?,8-/m1/s1. The fourth-order valence-electron chi connectivity index (χ4n) is 1.27. The molecule has 0 aliphatic rings. The highest BCUT2D eigenvalue weighted by atomic mass is 16.5. The van der Waals surface area contributed by atoms with E-state index < -0.39 is 29.4 Å². The SMILES string of the molecule is COCCC(N)C(=O)N[C@H](C(=O)O)C(C)(C)C. The summed E-state index contributed by atoms with van der Waals surface area (Å²) >= 11 is 0. The minimum Gasteiger partial charge on any atom is -0.480 e. The van der Waals surface area contributed by atoms with Crippen LogP contribution in [0.4, 0.5) is 0 Å². The number of ether oxygens (including phenoxy) is 1. The molecule has 0 aromatic heterocycles. The Morgan fingerprint density at radius 2 is 1.94 bits per heavy atom. The summed E-state index contributed by atoms with van der Waals surface area (Å²) < 4.78 is 4.81. The lowest BCUT2D eigenvalue weighted by molar-refractivity contribution is -0.145. The van der Waals surface area contributed by atoms with Crippen molar-refractivity contribution in [1.82, 2.24) is 5.32 Å². The van der Waals surface area contributed by atoms with E-state index in [2.05, 4.69) is 5.32 Å². The Labute approximate surface area is 102 Å². The smallest absolute Gasteiger partial charge is 0.326 e. The van der Waals surface area contributed by atoms with Crippen molar-refractivity contribution in [3.05, 3.63) is 0 Å². The molecule has 6 heteroatoms. The second-order valence-electron chi connectivity index (χ2n) is 5.03. The molecule has 0 rings (SSSR count). The maximum Gasteiger partial charge on any atom is 0.326 e. The van der Waals surface area contributed by atoms with Crippen LogP contribution in [0.3, 0.4) is 0 Å². The molecule has 0 heterocycles. The van der Waals surface area contributed by atoms with Gasteiger partial charge in [-0.2, -0.15) is 0 Å². The highest BCUT2D eigenvalue weighted by molar-refractivity contribution is 5.87. The zero-order valence-electron chi connectivity index (χ0n) is 10.8. The summed E-state index contributed by atoms with van der Waals surface area (Å²) in [6.07, 6.45) is 0.360. The first-order valence-corrected chi connectivity index (χ1v) is 5.48. The zero-order valence-corrected chi connectivity index (χ0v) is 10.8. The maximum atomic E-state index is 11.7. The van der Waals surface area contributed by atoms with Crippen LogP contribution in [0.15, 0.2) is 0 Å². The average molecular weight is 246 g/mol. The van der Waals surface area contributed by atoms with Gasteiger partial charge in [0.1, 0.15) is 6.04 Å². The summed E-state index contributed by atoms with van der Waals surface area (Å²) in [6, 6.07) is -1.71. The van der Waals surface area contributed by atoms with Crippen LogP contribution in [0.5, 0.6) is 0 Å². The van der Waals surface area contributed by atoms with E-state index in [1.54, 1.807) is 20.8 Å². The fraction of sp³-hybridized carbons (Fsp3) is 0.818. The summed E-state index contributed by atoms with van der Waals surface area (Å²) in [5.41, 5.74) is 5.04. The van der Waals surface area contributed by atoms with E-state index in [9.17, 15) is 9.59 Å². The minimum atomic E-state index is -1.07. The van der Waals surface area contributed by atoms with E-state index in [-0.39, 0.29) is 0 Å². The first kappa shape index (κ1) is 15.9. The molecule has 0 aliphatic heterocycles. The summed E-state index contributed by atoms with van der Waals surface area (Å²) in [5, 5.41) is 11.5. The Hall–Kier alpha value is -1.14. The van der Waals surface area contributed by atoms with Gasteiger partial charge >= 0.3 is 5.97 Å². The molecule has 0 aromatic carbocycles. The number of carbonyl (C=O) groups is 2. The van der Waals surface area contributed by atoms with Crippen LogP contribution in [0.25, 0.3) is 0 Å². The molecular weight excluding hydrogens is 224 g/mol. The Morgan fingerprint density at radius 3 is 2.29 bits per heavy atom. The van der Waals surface area contributed by atoms with Gasteiger partial charge in [0, 0.05) is 13.7 Å². The monoisotopic (exact) mass is 246 g/mol. The maximum absolute atomic E-state index is 11.7. The van der Waals surface area contributed by atoms with Gasteiger partial charge in [-0.25, -0.2) is 4.79 Å². The van der Waals surface area contributed by atoms with Crippen molar-refractivity contribution >= 4 is 11.9 Å². The second-order valence-corrected chi connectivity index (χ2v) is 5.03. The van der Waals surface area contributed by atoms with Crippen LogP contribution in [-0.2, 0) is 14.3 Å². The molecular formula is C11H22N2O4. The quantitative estimate of drug-likeness (QED) is 0.610. The second kappa shape index (κ2) is 6.56. The minimum absolute atomic E-state index is 0.360. The molecule has 0 aromatic rings. The lowest BCUT2D eigenvalue weighted by Crippen LogP contribution is -2.53. The topological polar surface area (TPSA) is 102 Å². The van der Waals surface area contributed by atoms with Gasteiger partial charge in [0.05, 0.1) is 6.04 Å². The van der Waals surface area contributed by atoms with Crippen molar-refractivity contribution in [3.8, 4) is 0 Å². The number of carboxylic acid groups (broad SMARTS) is 1. The molecule has 1 amide bonds. The molecule has 0 radical (unpaired) electrons. The Balaban J connectivity index is 4.47. The third kappa shape index (κ3) is 5.65. The van der Waals surface area contributed by atoms with E-state index >= 15 is 0 Å². The number of nitrogens with one attached hydrogen (secondary N) is 1. The van der Waals surface area contributed by atoms with Crippen LogP contribution in [-0.4, -0.2) is 42.8 Å². The number of carbonyl (C=O) groups excluding carboxylic acids is 1. The number of carboxylic acids is 1. The van der Waals surface area contributed by atoms with Gasteiger partial charge in [0.25, 0.3) is 0 Å². The normalized spacial score (nSPS) is 15.1. The lowest BCUT2D eigenvalue weighted by Gasteiger charge is -2.28. The molecule has 17 heavy (non-hydrogen) atoms. The van der Waals surface area contributed by atoms with E-state index in [0.29, 0.717) is 13.0 Å². The van der Waals surface area contributed by atoms with Crippen molar-refractivity contribution in [1.29, 1.82) is 0 Å². The number of nitrogens with two attached hydrogens (primary N) is 1. The van der Waals surface area contributed by atoms with Crippen molar-refractivity contribution in [2.75, 3.05) is 13.7 Å². The van der Waals surface area contributed by atoms with Crippen LogP contribution in [0.1, 0.15) is 27.2 Å². The number of aliphatic carboxylic acids is 1. The predicted molar refractivity (Wildman–Crippen MR) is 63.5 cm³/mol. The number of rotatable bonds is 6. The van der Waals surface area contributed by atoms with Crippen LogP contribution >= 0.6 is 0 Å². The first-order chi connectivity index (χ1) is 7.70. The Morgan fingerprint density at radius 1 is 1.41 bits per heavy atom. The van der Waals surface area contributed by atoms with Crippen molar-refractivity contribution in [3.63, 3.8) is 0 Å².